The molecule has 33 heavy (non-hydrogen) atoms. The lowest BCUT2D eigenvalue weighted by Gasteiger charge is -2.30. The fourth-order valence-electron chi connectivity index (χ4n) is 5.18. The van der Waals surface area contributed by atoms with Gasteiger partial charge in [0.1, 0.15) is 11.5 Å². The van der Waals surface area contributed by atoms with Crippen molar-refractivity contribution in [2.24, 2.45) is 0 Å². The molecule has 3 heterocycles. The average molecular weight is 447 g/mol. The summed E-state index contributed by atoms with van der Waals surface area (Å²) >= 11 is 0. The lowest BCUT2D eigenvalue weighted by atomic mass is 9.93. The van der Waals surface area contributed by atoms with Gasteiger partial charge in [-0.1, -0.05) is 18.2 Å². The number of hydrogen-bond acceptors (Lipinski definition) is 4. The van der Waals surface area contributed by atoms with Crippen LogP contribution in [0, 0.1) is 0 Å². The van der Waals surface area contributed by atoms with Crippen molar-refractivity contribution in [2.45, 2.75) is 38.8 Å². The van der Waals surface area contributed by atoms with Gasteiger partial charge < -0.3 is 24.1 Å². The van der Waals surface area contributed by atoms with Crippen LogP contribution in [0.2, 0.25) is 0 Å². The highest BCUT2D eigenvalue weighted by molar-refractivity contribution is 6.00. The molecule has 3 aromatic rings. The molecule has 0 saturated carbocycles. The van der Waals surface area contributed by atoms with Crippen molar-refractivity contribution in [3.63, 3.8) is 0 Å². The molecular formula is C27H30N2O4. The van der Waals surface area contributed by atoms with Crippen LogP contribution < -0.4 is 9.47 Å². The zero-order valence-corrected chi connectivity index (χ0v) is 19.6. The Morgan fingerprint density at radius 1 is 1.12 bits per heavy atom. The van der Waals surface area contributed by atoms with Crippen molar-refractivity contribution in [1.29, 1.82) is 0 Å². The van der Waals surface area contributed by atoms with Crippen molar-refractivity contribution in [2.75, 3.05) is 27.4 Å². The van der Waals surface area contributed by atoms with E-state index < -0.39 is 0 Å². The van der Waals surface area contributed by atoms with E-state index in [1.54, 1.807) is 14.2 Å². The summed E-state index contributed by atoms with van der Waals surface area (Å²) < 4.78 is 17.2. The molecular weight excluding hydrogens is 416 g/mol. The predicted molar refractivity (Wildman–Crippen MR) is 129 cm³/mol. The third-order valence-corrected chi connectivity index (χ3v) is 7.01. The SMILES string of the molecule is COc1ccc(OC)c(-c2[nH]c3ccccc3c2[C@@H]2C(C)=C(C)C(=O)N2C[C@H]2CCCO2)c1. The summed E-state index contributed by atoms with van der Waals surface area (Å²) in [5.74, 6) is 1.58. The van der Waals surface area contributed by atoms with Gasteiger partial charge in [0.05, 0.1) is 32.1 Å². The number of para-hydroxylation sites is 1. The number of carbonyl (C=O) groups is 1. The first kappa shape index (κ1) is 21.6. The van der Waals surface area contributed by atoms with Crippen LogP contribution in [0.15, 0.2) is 53.6 Å². The summed E-state index contributed by atoms with van der Waals surface area (Å²) in [7, 11) is 3.33. The third-order valence-electron chi connectivity index (χ3n) is 7.01. The smallest absolute Gasteiger partial charge is 0.250 e. The first-order valence-electron chi connectivity index (χ1n) is 11.5. The number of carbonyl (C=O) groups excluding carboxylic acids is 1. The maximum absolute atomic E-state index is 13.4. The number of aromatic amines is 1. The molecule has 1 aromatic heterocycles. The number of nitrogens with zero attached hydrogens (tertiary/aromatic N) is 1. The number of nitrogens with one attached hydrogen (secondary N) is 1. The second-order valence-corrected chi connectivity index (χ2v) is 8.83. The van der Waals surface area contributed by atoms with E-state index in [-0.39, 0.29) is 18.1 Å². The molecule has 2 atom stereocenters. The molecule has 0 unspecified atom stereocenters. The molecule has 1 amide bonds. The second kappa shape index (κ2) is 8.60. The van der Waals surface area contributed by atoms with Crippen molar-refractivity contribution >= 4 is 16.8 Å². The number of hydrogen-bond donors (Lipinski definition) is 1. The summed E-state index contributed by atoms with van der Waals surface area (Å²) in [5, 5.41) is 1.10. The van der Waals surface area contributed by atoms with E-state index in [2.05, 4.69) is 24.0 Å². The van der Waals surface area contributed by atoms with E-state index >= 15 is 0 Å². The Morgan fingerprint density at radius 3 is 2.67 bits per heavy atom. The molecule has 0 bridgehead atoms. The number of fused-ring (bicyclic) bond motifs is 1. The van der Waals surface area contributed by atoms with Gasteiger partial charge >= 0.3 is 0 Å². The largest absolute Gasteiger partial charge is 0.497 e. The summed E-state index contributed by atoms with van der Waals surface area (Å²) in [5.41, 5.74) is 5.84. The van der Waals surface area contributed by atoms with E-state index in [0.29, 0.717) is 6.54 Å². The lowest BCUT2D eigenvalue weighted by Crippen LogP contribution is -2.36. The monoisotopic (exact) mass is 446 g/mol. The van der Waals surface area contributed by atoms with E-state index in [1.807, 2.05) is 42.2 Å². The Bertz CT molecular complexity index is 1240. The van der Waals surface area contributed by atoms with Crippen molar-refractivity contribution in [1.82, 2.24) is 9.88 Å². The molecule has 2 aliphatic heterocycles. The Labute approximate surface area is 194 Å². The maximum atomic E-state index is 13.4. The molecule has 0 spiro atoms. The molecule has 1 fully saturated rings. The molecule has 1 saturated heterocycles. The van der Waals surface area contributed by atoms with Crippen molar-refractivity contribution < 1.29 is 19.0 Å². The standard InChI is InChI=1S/C27H30N2O4/c1-16-17(2)27(30)29(15-19-8-7-13-33-19)26(16)24-20-9-5-6-10-22(20)28-25(24)21-14-18(31-3)11-12-23(21)32-4/h5-6,9-12,14,19,26,28H,7-8,13,15H2,1-4H3/t19-,26+/m1/s1. The number of methoxy groups -OCH3 is 2. The van der Waals surface area contributed by atoms with Gasteiger partial charge in [0, 0.05) is 40.8 Å². The topological polar surface area (TPSA) is 63.8 Å². The van der Waals surface area contributed by atoms with Crippen molar-refractivity contribution in [3.8, 4) is 22.8 Å². The molecule has 2 aliphatic rings. The molecule has 0 aliphatic carbocycles. The maximum Gasteiger partial charge on any atom is 0.250 e. The van der Waals surface area contributed by atoms with Crippen molar-refractivity contribution in [3.05, 3.63) is 59.2 Å². The van der Waals surface area contributed by atoms with Gasteiger partial charge in [-0.15, -0.1) is 0 Å². The minimum atomic E-state index is -0.177. The number of aromatic nitrogens is 1. The molecule has 6 heteroatoms. The molecule has 6 nitrogen and oxygen atoms in total. The Kier molecular flexibility index (Phi) is 5.62. The Hall–Kier alpha value is -3.25. The zero-order chi connectivity index (χ0) is 23.1. The fraction of sp³-hybridized carbons (Fsp3) is 0.370. The zero-order valence-electron chi connectivity index (χ0n) is 19.6. The normalized spacial score (nSPS) is 20.8. The summed E-state index contributed by atoms with van der Waals surface area (Å²) in [4.78, 5) is 19.0. The molecule has 172 valence electrons. The highest BCUT2D eigenvalue weighted by Crippen LogP contribution is 2.47. The van der Waals surface area contributed by atoms with Crippen LogP contribution in [-0.2, 0) is 9.53 Å². The number of H-pyrrole nitrogens is 1. The van der Waals surface area contributed by atoms with E-state index in [1.165, 1.54) is 0 Å². The van der Waals surface area contributed by atoms with Gasteiger partial charge in [-0.05, 0) is 56.5 Å². The highest BCUT2D eigenvalue weighted by atomic mass is 16.5. The van der Waals surface area contributed by atoms with Gasteiger partial charge in [-0.2, -0.15) is 0 Å². The average Bonchev–Trinajstić information content (AvgIpc) is 3.54. The fourth-order valence-corrected chi connectivity index (χ4v) is 5.18. The van der Waals surface area contributed by atoms with E-state index in [4.69, 9.17) is 14.2 Å². The van der Waals surface area contributed by atoms with Crippen LogP contribution in [0.4, 0.5) is 0 Å². The summed E-state index contributed by atoms with van der Waals surface area (Å²) in [6.07, 6.45) is 2.11. The number of amides is 1. The van der Waals surface area contributed by atoms with Crippen LogP contribution >= 0.6 is 0 Å². The molecule has 5 rings (SSSR count). The van der Waals surface area contributed by atoms with Crippen LogP contribution in [0.3, 0.4) is 0 Å². The van der Waals surface area contributed by atoms with Gasteiger partial charge in [-0.3, -0.25) is 4.79 Å². The third kappa shape index (κ3) is 3.59. The predicted octanol–water partition coefficient (Wildman–Crippen LogP) is 5.25. The van der Waals surface area contributed by atoms with Gasteiger partial charge in [0.25, 0.3) is 0 Å². The summed E-state index contributed by atoms with van der Waals surface area (Å²) in [6.45, 7) is 5.36. The minimum Gasteiger partial charge on any atom is -0.497 e. The highest BCUT2D eigenvalue weighted by Gasteiger charge is 2.40. The number of benzene rings is 2. The van der Waals surface area contributed by atoms with Gasteiger partial charge in [0.2, 0.25) is 5.91 Å². The van der Waals surface area contributed by atoms with Gasteiger partial charge in [0.15, 0.2) is 0 Å². The quantitative estimate of drug-likeness (QED) is 0.562. The van der Waals surface area contributed by atoms with E-state index in [0.717, 1.165) is 69.8 Å². The lowest BCUT2D eigenvalue weighted by molar-refractivity contribution is -0.128. The Morgan fingerprint density at radius 2 is 1.94 bits per heavy atom. The molecule has 1 N–H and O–H groups in total. The second-order valence-electron chi connectivity index (χ2n) is 8.83. The van der Waals surface area contributed by atoms with Crippen LogP contribution in [0.1, 0.15) is 38.3 Å². The molecule has 2 aromatic carbocycles. The number of ether oxygens (including phenoxy) is 3. The van der Waals surface area contributed by atoms with Crippen LogP contribution in [-0.4, -0.2) is 49.3 Å². The van der Waals surface area contributed by atoms with E-state index in [9.17, 15) is 4.79 Å². The first-order chi connectivity index (χ1) is 16.0. The van der Waals surface area contributed by atoms with Gasteiger partial charge in [-0.25, -0.2) is 0 Å². The van der Waals surface area contributed by atoms with Crippen LogP contribution in [0.25, 0.3) is 22.2 Å². The Balaban J connectivity index is 1.73. The number of rotatable bonds is 6. The first-order valence-corrected chi connectivity index (χ1v) is 11.5. The van der Waals surface area contributed by atoms with Crippen LogP contribution in [0.5, 0.6) is 11.5 Å². The minimum absolute atomic E-state index is 0.0789. The molecule has 0 radical (unpaired) electrons. The summed E-state index contributed by atoms with van der Waals surface area (Å²) in [6, 6.07) is 13.9.